The number of ether oxygens (including phenoxy) is 3. The summed E-state index contributed by atoms with van der Waals surface area (Å²) >= 11 is 0. The van der Waals surface area contributed by atoms with Crippen LogP contribution < -0.4 is 24.4 Å². The van der Waals surface area contributed by atoms with Crippen LogP contribution in [-0.4, -0.2) is 98.9 Å². The van der Waals surface area contributed by atoms with Gasteiger partial charge in [-0.25, -0.2) is 4.98 Å². The summed E-state index contributed by atoms with van der Waals surface area (Å²) in [6.07, 6.45) is 2.21. The summed E-state index contributed by atoms with van der Waals surface area (Å²) in [6.45, 7) is 8.71. The van der Waals surface area contributed by atoms with E-state index >= 15 is 0 Å². The summed E-state index contributed by atoms with van der Waals surface area (Å²) in [5.41, 5.74) is 3.53. The average Bonchev–Trinajstić information content (AvgIpc) is 3.52. The number of pyridine rings is 1. The molecule has 4 aromatic rings. The molecule has 2 aliphatic heterocycles. The number of nitrogens with zero attached hydrogens (tertiary/aromatic N) is 5. The first-order valence-corrected chi connectivity index (χ1v) is 17.0. The van der Waals surface area contributed by atoms with Crippen LogP contribution in [0.4, 0.5) is 5.82 Å². The molecule has 1 unspecified atom stereocenters. The summed E-state index contributed by atoms with van der Waals surface area (Å²) in [7, 11) is 4.83. The number of rotatable bonds is 6. The molecule has 49 heavy (non-hydrogen) atoms. The Hall–Kier alpha value is -4.84. The average molecular weight is 671 g/mol. The third-order valence-electron chi connectivity index (χ3n) is 9.63. The van der Waals surface area contributed by atoms with Gasteiger partial charge in [0.1, 0.15) is 22.8 Å². The highest BCUT2D eigenvalue weighted by Gasteiger charge is 2.29. The number of aryl methyl sites for hydroxylation is 1. The predicted molar refractivity (Wildman–Crippen MR) is 187 cm³/mol. The standard InChI is InChI=1S/C37H46N6O6/c1-6-41-17-18-42(37(45)32-24(2)49-40-33(32)26-12-8-7-9-13-26)16-14-31(44)38-21-25-11-10-15-43(22-25)36-27(23-41)19-28-29(39-36)20-30(46-3)35(48-5)34(28)47-4/h7-9,12-13,19-20,25H,6,10-11,14-18,21-23H2,1-5H3,(H,38,44). The van der Waals surface area contributed by atoms with Crippen LogP contribution in [0.3, 0.4) is 0 Å². The number of fused-ring (bicyclic) bond motifs is 5. The lowest BCUT2D eigenvalue weighted by atomic mass is 9.97. The number of methoxy groups -OCH3 is 3. The van der Waals surface area contributed by atoms with E-state index in [0.29, 0.717) is 60.4 Å². The molecule has 2 amide bonds. The Kier molecular flexibility index (Phi) is 10.5. The van der Waals surface area contributed by atoms with Crippen molar-refractivity contribution in [2.24, 2.45) is 5.92 Å². The first kappa shape index (κ1) is 34.0. The van der Waals surface area contributed by atoms with Crippen LogP contribution in [0, 0.1) is 12.8 Å². The normalized spacial score (nSPS) is 17.9. The van der Waals surface area contributed by atoms with Crippen molar-refractivity contribution in [3.05, 3.63) is 59.4 Å². The van der Waals surface area contributed by atoms with Crippen LogP contribution in [0.2, 0.25) is 0 Å². The maximum Gasteiger partial charge on any atom is 0.259 e. The predicted octanol–water partition coefficient (Wildman–Crippen LogP) is 4.92. The molecule has 6 rings (SSSR count). The van der Waals surface area contributed by atoms with Crippen LogP contribution in [0.25, 0.3) is 22.2 Å². The van der Waals surface area contributed by atoms with Gasteiger partial charge in [-0.1, -0.05) is 42.4 Å². The van der Waals surface area contributed by atoms with E-state index in [9.17, 15) is 9.59 Å². The molecule has 12 nitrogen and oxygen atoms in total. The Bertz CT molecular complexity index is 1790. The Morgan fingerprint density at radius 1 is 1.02 bits per heavy atom. The Balaban J connectivity index is 1.38. The highest BCUT2D eigenvalue weighted by molar-refractivity contribution is 6.01. The van der Waals surface area contributed by atoms with Gasteiger partial charge in [0.15, 0.2) is 11.5 Å². The number of nitrogens with one attached hydrogen (secondary N) is 1. The van der Waals surface area contributed by atoms with Gasteiger partial charge < -0.3 is 33.9 Å². The number of amides is 2. The Morgan fingerprint density at radius 2 is 1.82 bits per heavy atom. The van der Waals surface area contributed by atoms with E-state index in [0.717, 1.165) is 60.3 Å². The molecule has 2 bridgehead atoms. The van der Waals surface area contributed by atoms with E-state index in [1.54, 1.807) is 33.2 Å². The molecule has 0 saturated carbocycles. The molecule has 2 aliphatic rings. The molecule has 2 aromatic carbocycles. The largest absolute Gasteiger partial charge is 0.493 e. The van der Waals surface area contributed by atoms with E-state index in [-0.39, 0.29) is 30.7 Å². The summed E-state index contributed by atoms with van der Waals surface area (Å²) < 4.78 is 22.8. The number of benzene rings is 2. The van der Waals surface area contributed by atoms with Crippen LogP contribution in [-0.2, 0) is 11.3 Å². The Morgan fingerprint density at radius 3 is 2.55 bits per heavy atom. The highest BCUT2D eigenvalue weighted by Crippen LogP contribution is 2.44. The van der Waals surface area contributed by atoms with Crippen molar-refractivity contribution in [3.63, 3.8) is 0 Å². The number of hydrogen-bond donors (Lipinski definition) is 1. The lowest BCUT2D eigenvalue weighted by Crippen LogP contribution is -2.42. The molecule has 0 aliphatic carbocycles. The van der Waals surface area contributed by atoms with Gasteiger partial charge in [0.05, 0.1) is 26.8 Å². The van der Waals surface area contributed by atoms with Gasteiger partial charge in [-0.3, -0.25) is 14.5 Å². The van der Waals surface area contributed by atoms with Gasteiger partial charge in [-0.2, -0.15) is 0 Å². The number of aromatic nitrogens is 2. The Labute approximate surface area is 287 Å². The number of carbonyl (C=O) groups excluding carboxylic acids is 2. The lowest BCUT2D eigenvalue weighted by Gasteiger charge is -2.35. The second-order valence-corrected chi connectivity index (χ2v) is 12.7. The van der Waals surface area contributed by atoms with Gasteiger partial charge >= 0.3 is 0 Å². The van der Waals surface area contributed by atoms with Crippen molar-refractivity contribution in [1.82, 2.24) is 25.3 Å². The summed E-state index contributed by atoms with van der Waals surface area (Å²) in [6, 6.07) is 13.6. The summed E-state index contributed by atoms with van der Waals surface area (Å²) in [5.74, 6) is 2.99. The maximum atomic E-state index is 14.3. The molecule has 12 heteroatoms. The summed E-state index contributed by atoms with van der Waals surface area (Å²) in [4.78, 5) is 39.1. The van der Waals surface area contributed by atoms with E-state index in [1.807, 2.05) is 36.4 Å². The first-order chi connectivity index (χ1) is 23.8. The fourth-order valence-corrected chi connectivity index (χ4v) is 6.96. The van der Waals surface area contributed by atoms with Gasteiger partial charge in [0.25, 0.3) is 5.91 Å². The van der Waals surface area contributed by atoms with E-state index in [1.165, 1.54) is 0 Å². The molecule has 4 heterocycles. The molecule has 0 spiro atoms. The SMILES string of the molecule is CCN1CCN(C(=O)c2c(-c3ccccc3)noc2C)CCC(=O)NCC2CCCN(C2)c2nc3cc(OC)c(OC)c(OC)c3cc2C1. The van der Waals surface area contributed by atoms with Crippen LogP contribution in [0.1, 0.15) is 47.9 Å². The lowest BCUT2D eigenvalue weighted by molar-refractivity contribution is -0.121. The third kappa shape index (κ3) is 7.15. The summed E-state index contributed by atoms with van der Waals surface area (Å²) in [5, 5.41) is 8.24. The van der Waals surface area contributed by atoms with Crippen molar-refractivity contribution in [2.75, 3.05) is 72.0 Å². The van der Waals surface area contributed by atoms with Crippen molar-refractivity contribution < 1.29 is 28.3 Å². The smallest absolute Gasteiger partial charge is 0.259 e. The molecular formula is C37H46N6O6. The zero-order valence-electron chi connectivity index (χ0n) is 29.1. The third-order valence-corrected chi connectivity index (χ3v) is 9.63. The van der Waals surface area contributed by atoms with E-state index in [2.05, 4.69) is 33.3 Å². The van der Waals surface area contributed by atoms with Gasteiger partial charge in [-0.15, -0.1) is 0 Å². The number of hydrogen-bond acceptors (Lipinski definition) is 10. The van der Waals surface area contributed by atoms with Crippen molar-refractivity contribution in [3.8, 4) is 28.5 Å². The molecule has 1 atom stereocenters. The first-order valence-electron chi connectivity index (χ1n) is 17.0. The quantitative estimate of drug-likeness (QED) is 0.302. The second-order valence-electron chi connectivity index (χ2n) is 12.7. The second kappa shape index (κ2) is 15.1. The number of anilines is 1. The molecule has 2 aromatic heterocycles. The number of carbonyl (C=O) groups is 2. The number of likely N-dealkylation sites (N-methyl/N-ethyl adjacent to an activating group) is 1. The molecule has 0 radical (unpaired) electrons. The zero-order valence-corrected chi connectivity index (χ0v) is 29.1. The van der Waals surface area contributed by atoms with E-state index < -0.39 is 0 Å². The van der Waals surface area contributed by atoms with Crippen molar-refractivity contribution in [2.45, 2.75) is 39.7 Å². The minimum absolute atomic E-state index is 0.0693. The van der Waals surface area contributed by atoms with Gasteiger partial charge in [0, 0.05) is 74.8 Å². The number of piperidine rings is 1. The maximum absolute atomic E-state index is 14.3. The topological polar surface area (TPSA) is 123 Å². The van der Waals surface area contributed by atoms with Crippen LogP contribution >= 0.6 is 0 Å². The highest BCUT2D eigenvalue weighted by atomic mass is 16.5. The molecule has 1 saturated heterocycles. The van der Waals surface area contributed by atoms with Gasteiger partial charge in [-0.05, 0) is 38.3 Å². The fraction of sp³-hybridized carbons (Fsp3) is 0.459. The monoisotopic (exact) mass is 670 g/mol. The van der Waals surface area contributed by atoms with Gasteiger partial charge in [0.2, 0.25) is 11.7 Å². The van der Waals surface area contributed by atoms with Crippen LogP contribution in [0.15, 0.2) is 47.0 Å². The van der Waals surface area contributed by atoms with Crippen molar-refractivity contribution >= 4 is 28.5 Å². The molecule has 1 fully saturated rings. The minimum Gasteiger partial charge on any atom is -0.493 e. The fourth-order valence-electron chi connectivity index (χ4n) is 6.96. The molecular weight excluding hydrogens is 624 g/mol. The zero-order chi connectivity index (χ0) is 34.5. The van der Waals surface area contributed by atoms with Crippen molar-refractivity contribution in [1.29, 1.82) is 0 Å². The van der Waals surface area contributed by atoms with E-state index in [4.69, 9.17) is 23.7 Å². The molecule has 1 N–H and O–H groups in total. The minimum atomic E-state index is -0.202. The van der Waals surface area contributed by atoms with Crippen LogP contribution in [0.5, 0.6) is 17.2 Å². The molecule has 260 valence electrons.